The molecular formula is C23H23N5O4S. The van der Waals surface area contributed by atoms with Crippen LogP contribution in [0.3, 0.4) is 0 Å². The maximum atomic E-state index is 12.0. The van der Waals surface area contributed by atoms with Gasteiger partial charge < -0.3 is 4.74 Å². The molecule has 0 aliphatic carbocycles. The van der Waals surface area contributed by atoms with Crippen molar-refractivity contribution in [1.82, 2.24) is 15.4 Å². The van der Waals surface area contributed by atoms with Crippen molar-refractivity contribution in [2.75, 3.05) is 6.61 Å². The highest BCUT2D eigenvalue weighted by Crippen LogP contribution is 2.33. The van der Waals surface area contributed by atoms with Crippen molar-refractivity contribution in [2.24, 2.45) is 5.10 Å². The van der Waals surface area contributed by atoms with E-state index < -0.39 is 10.8 Å². The lowest BCUT2D eigenvalue weighted by Crippen LogP contribution is -2.24. The Hall–Kier alpha value is -3.79. The van der Waals surface area contributed by atoms with Gasteiger partial charge in [-0.2, -0.15) is 5.10 Å². The normalized spacial score (nSPS) is 11.4. The molecule has 0 bridgehead atoms. The largest absolute Gasteiger partial charge is 0.484 e. The van der Waals surface area contributed by atoms with E-state index in [1.807, 2.05) is 24.3 Å². The van der Waals surface area contributed by atoms with E-state index in [9.17, 15) is 14.9 Å². The lowest BCUT2D eigenvalue weighted by molar-refractivity contribution is -0.387. The lowest BCUT2D eigenvalue weighted by Gasteiger charge is -2.19. The zero-order valence-electron chi connectivity index (χ0n) is 18.4. The first-order valence-electron chi connectivity index (χ1n) is 10.0. The minimum absolute atomic E-state index is 0.0336. The molecule has 0 aliphatic heterocycles. The number of hydrogen-bond acceptors (Lipinski definition) is 8. The van der Waals surface area contributed by atoms with Crippen LogP contribution >= 0.6 is 11.8 Å². The summed E-state index contributed by atoms with van der Waals surface area (Å²) >= 11 is 1.09. The number of benzene rings is 2. The summed E-state index contributed by atoms with van der Waals surface area (Å²) in [5.41, 5.74) is 3.90. The van der Waals surface area contributed by atoms with E-state index in [4.69, 9.17) is 4.74 Å². The van der Waals surface area contributed by atoms with Gasteiger partial charge in [-0.05, 0) is 47.0 Å². The Morgan fingerprint density at radius 3 is 2.52 bits per heavy atom. The SMILES string of the molecule is CC(C)(C)c1ccc(OCC(=O)N/N=C\c2ccc(Sc3ncccn3)c([N+](=O)[O-])c2)cc1. The first-order chi connectivity index (χ1) is 15.7. The molecule has 1 N–H and O–H groups in total. The van der Waals surface area contributed by atoms with Gasteiger partial charge in [0.15, 0.2) is 11.8 Å². The molecule has 0 radical (unpaired) electrons. The lowest BCUT2D eigenvalue weighted by atomic mass is 9.87. The van der Waals surface area contributed by atoms with E-state index >= 15 is 0 Å². The zero-order chi connectivity index (χ0) is 23.8. The standard InChI is InChI=1S/C23H23N5O4S/c1-23(2,3)17-6-8-18(9-7-17)32-15-21(29)27-26-14-16-5-10-20(19(13-16)28(30)31)33-22-24-11-4-12-25-22/h4-14H,15H2,1-3H3,(H,27,29)/b26-14-. The first-order valence-corrected chi connectivity index (χ1v) is 10.8. The van der Waals surface area contributed by atoms with E-state index in [-0.39, 0.29) is 17.7 Å². The van der Waals surface area contributed by atoms with E-state index in [0.29, 0.717) is 21.4 Å². The van der Waals surface area contributed by atoms with Crippen LogP contribution in [0.4, 0.5) is 5.69 Å². The third kappa shape index (κ3) is 7.11. The van der Waals surface area contributed by atoms with E-state index in [2.05, 4.69) is 41.3 Å². The molecule has 3 rings (SSSR count). The molecule has 1 amide bonds. The van der Waals surface area contributed by atoms with Crippen LogP contribution in [0, 0.1) is 10.1 Å². The monoisotopic (exact) mass is 465 g/mol. The van der Waals surface area contributed by atoms with Crippen molar-refractivity contribution in [2.45, 2.75) is 36.2 Å². The molecule has 0 unspecified atom stereocenters. The number of ether oxygens (including phenoxy) is 1. The molecule has 1 aromatic heterocycles. The van der Waals surface area contributed by atoms with Gasteiger partial charge in [-0.25, -0.2) is 15.4 Å². The molecule has 9 nitrogen and oxygen atoms in total. The number of nitrogens with zero attached hydrogens (tertiary/aromatic N) is 4. The second kappa shape index (κ2) is 10.7. The van der Waals surface area contributed by atoms with Gasteiger partial charge >= 0.3 is 0 Å². The molecule has 0 aliphatic rings. The van der Waals surface area contributed by atoms with Crippen molar-refractivity contribution in [3.8, 4) is 5.75 Å². The second-order valence-electron chi connectivity index (χ2n) is 7.97. The average molecular weight is 466 g/mol. The summed E-state index contributed by atoms with van der Waals surface area (Å²) in [4.78, 5) is 31.5. The maximum absolute atomic E-state index is 12.0. The summed E-state index contributed by atoms with van der Waals surface area (Å²) in [5, 5.41) is 15.7. The molecule has 0 spiro atoms. The average Bonchev–Trinajstić information content (AvgIpc) is 2.79. The van der Waals surface area contributed by atoms with Crippen molar-refractivity contribution in [1.29, 1.82) is 0 Å². The quantitative estimate of drug-likeness (QED) is 0.227. The Morgan fingerprint density at radius 2 is 1.88 bits per heavy atom. The number of amides is 1. The van der Waals surface area contributed by atoms with E-state index in [1.54, 1.807) is 30.6 Å². The zero-order valence-corrected chi connectivity index (χ0v) is 19.2. The van der Waals surface area contributed by atoms with Crippen LogP contribution in [0.2, 0.25) is 0 Å². The molecule has 33 heavy (non-hydrogen) atoms. The Labute approximate surface area is 195 Å². The number of carbonyl (C=O) groups excluding carboxylic acids is 1. The van der Waals surface area contributed by atoms with E-state index in [0.717, 1.165) is 11.8 Å². The Morgan fingerprint density at radius 1 is 1.18 bits per heavy atom. The maximum Gasteiger partial charge on any atom is 0.283 e. The summed E-state index contributed by atoms with van der Waals surface area (Å²) in [6.07, 6.45) is 4.46. The van der Waals surface area contributed by atoms with Crippen LogP contribution in [-0.4, -0.2) is 33.6 Å². The van der Waals surface area contributed by atoms with Gasteiger partial charge in [-0.15, -0.1) is 0 Å². The smallest absolute Gasteiger partial charge is 0.283 e. The molecule has 10 heteroatoms. The minimum atomic E-state index is -0.486. The van der Waals surface area contributed by atoms with Gasteiger partial charge in [0, 0.05) is 24.0 Å². The highest BCUT2D eigenvalue weighted by molar-refractivity contribution is 7.99. The molecule has 2 aromatic carbocycles. The second-order valence-corrected chi connectivity index (χ2v) is 8.98. The number of nitro groups is 1. The van der Waals surface area contributed by atoms with Gasteiger partial charge in [0.05, 0.1) is 16.0 Å². The summed E-state index contributed by atoms with van der Waals surface area (Å²) in [6.45, 7) is 6.14. The summed E-state index contributed by atoms with van der Waals surface area (Å²) < 4.78 is 5.47. The van der Waals surface area contributed by atoms with Crippen molar-refractivity contribution in [3.05, 3.63) is 82.2 Å². The topological polar surface area (TPSA) is 120 Å². The molecule has 0 saturated heterocycles. The fourth-order valence-corrected chi connectivity index (χ4v) is 3.49. The fraction of sp³-hybridized carbons (Fsp3) is 0.217. The number of hydrazone groups is 1. The summed E-state index contributed by atoms with van der Waals surface area (Å²) in [5.74, 6) is 0.127. The highest BCUT2D eigenvalue weighted by Gasteiger charge is 2.16. The Bertz CT molecular complexity index is 1150. The fourth-order valence-electron chi connectivity index (χ4n) is 2.69. The number of hydrogen-bond donors (Lipinski definition) is 1. The van der Waals surface area contributed by atoms with Crippen LogP contribution in [0.5, 0.6) is 5.75 Å². The number of aromatic nitrogens is 2. The molecule has 0 atom stereocenters. The van der Waals surface area contributed by atoms with Gasteiger partial charge in [0.25, 0.3) is 11.6 Å². The van der Waals surface area contributed by atoms with Gasteiger partial charge in [-0.1, -0.05) is 39.0 Å². The van der Waals surface area contributed by atoms with Gasteiger partial charge in [-0.3, -0.25) is 14.9 Å². The highest BCUT2D eigenvalue weighted by atomic mass is 32.2. The third-order valence-electron chi connectivity index (χ3n) is 4.42. The molecule has 1 heterocycles. The number of carbonyl (C=O) groups is 1. The number of nitrogens with one attached hydrogen (secondary N) is 1. The van der Waals surface area contributed by atoms with Gasteiger partial charge in [0.2, 0.25) is 0 Å². The van der Waals surface area contributed by atoms with Crippen molar-refractivity contribution in [3.63, 3.8) is 0 Å². The summed E-state index contributed by atoms with van der Waals surface area (Å²) in [6, 6.07) is 13.8. The minimum Gasteiger partial charge on any atom is -0.484 e. The van der Waals surface area contributed by atoms with Crippen LogP contribution in [0.1, 0.15) is 31.9 Å². The number of nitro benzene ring substituents is 1. The predicted octanol–water partition coefficient (Wildman–Crippen LogP) is 4.36. The van der Waals surface area contributed by atoms with E-state index in [1.165, 1.54) is 17.8 Å². The third-order valence-corrected chi connectivity index (χ3v) is 5.37. The van der Waals surface area contributed by atoms with Crippen molar-refractivity contribution < 1.29 is 14.5 Å². The molecule has 170 valence electrons. The van der Waals surface area contributed by atoms with Gasteiger partial charge in [0.1, 0.15) is 5.75 Å². The first kappa shape index (κ1) is 23.9. The van der Waals surface area contributed by atoms with Crippen LogP contribution in [0.15, 0.2) is 76.1 Å². The molecule has 0 fully saturated rings. The number of rotatable bonds is 8. The van der Waals surface area contributed by atoms with Crippen molar-refractivity contribution >= 4 is 29.6 Å². The van der Waals surface area contributed by atoms with Crippen LogP contribution in [0.25, 0.3) is 0 Å². The van der Waals surface area contributed by atoms with Crippen LogP contribution < -0.4 is 10.2 Å². The molecular weight excluding hydrogens is 442 g/mol. The predicted molar refractivity (Wildman–Crippen MR) is 126 cm³/mol. The van der Waals surface area contributed by atoms with Crippen LogP contribution in [-0.2, 0) is 10.2 Å². The molecule has 0 saturated carbocycles. The molecule has 3 aromatic rings. The Balaban J connectivity index is 1.56. The Kier molecular flexibility index (Phi) is 7.73. The summed E-state index contributed by atoms with van der Waals surface area (Å²) in [7, 11) is 0.